The Morgan fingerprint density at radius 3 is 2.86 bits per heavy atom. The molecule has 3 nitrogen and oxygen atoms in total. The molecule has 0 fully saturated rings. The van der Waals surface area contributed by atoms with Crippen molar-refractivity contribution in [2.24, 2.45) is 0 Å². The van der Waals surface area contributed by atoms with Crippen molar-refractivity contribution in [1.82, 2.24) is 0 Å². The lowest BCUT2D eigenvalue weighted by Gasteiger charge is -2.08. The van der Waals surface area contributed by atoms with E-state index in [1.807, 2.05) is 0 Å². The number of benzene rings is 1. The molecule has 1 rings (SSSR count). The number of halogens is 1. The first kappa shape index (κ1) is 10.5. The zero-order chi connectivity index (χ0) is 10.6. The summed E-state index contributed by atoms with van der Waals surface area (Å²) in [5, 5.41) is 9.52. The first-order chi connectivity index (χ1) is 6.70. The van der Waals surface area contributed by atoms with Crippen LogP contribution in [0.15, 0.2) is 12.1 Å². The summed E-state index contributed by atoms with van der Waals surface area (Å²) in [7, 11) is 1.28. The molecule has 0 bridgehead atoms. The number of rotatable bonds is 4. The second kappa shape index (κ2) is 4.60. The van der Waals surface area contributed by atoms with Crippen LogP contribution in [0.1, 0.15) is 12.0 Å². The first-order valence-electron chi connectivity index (χ1n) is 4.18. The lowest BCUT2D eigenvalue weighted by molar-refractivity contribution is -0.107. The van der Waals surface area contributed by atoms with Crippen molar-refractivity contribution >= 4 is 6.29 Å². The van der Waals surface area contributed by atoms with Gasteiger partial charge in [0.15, 0.2) is 17.3 Å². The predicted molar refractivity (Wildman–Crippen MR) is 49.0 cm³/mol. The molecule has 0 aliphatic heterocycles. The van der Waals surface area contributed by atoms with E-state index in [1.54, 1.807) is 0 Å². The van der Waals surface area contributed by atoms with Gasteiger partial charge in [-0.25, -0.2) is 4.39 Å². The number of aldehydes is 1. The van der Waals surface area contributed by atoms with Gasteiger partial charge in [-0.3, -0.25) is 0 Å². The normalized spacial score (nSPS) is 9.86. The van der Waals surface area contributed by atoms with E-state index in [9.17, 15) is 14.3 Å². The molecule has 1 aromatic carbocycles. The summed E-state index contributed by atoms with van der Waals surface area (Å²) in [5.41, 5.74) is 0.510. The number of hydrogen-bond donors (Lipinski definition) is 1. The molecule has 0 spiro atoms. The van der Waals surface area contributed by atoms with Gasteiger partial charge in [0.25, 0.3) is 0 Å². The maximum atomic E-state index is 13.0. The van der Waals surface area contributed by atoms with Crippen LogP contribution in [0.5, 0.6) is 11.5 Å². The summed E-state index contributed by atoms with van der Waals surface area (Å²) in [6.07, 6.45) is 1.42. The highest BCUT2D eigenvalue weighted by atomic mass is 19.1. The molecule has 4 heteroatoms. The van der Waals surface area contributed by atoms with Gasteiger partial charge < -0.3 is 14.6 Å². The van der Waals surface area contributed by atoms with Crippen molar-refractivity contribution in [2.45, 2.75) is 12.8 Å². The average Bonchev–Trinajstić information content (AvgIpc) is 2.18. The fraction of sp³-hybridized carbons (Fsp3) is 0.300. The van der Waals surface area contributed by atoms with Gasteiger partial charge in [-0.15, -0.1) is 0 Å². The van der Waals surface area contributed by atoms with Gasteiger partial charge in [0, 0.05) is 6.42 Å². The molecule has 0 heterocycles. The Morgan fingerprint density at radius 1 is 1.57 bits per heavy atom. The van der Waals surface area contributed by atoms with Gasteiger partial charge >= 0.3 is 0 Å². The van der Waals surface area contributed by atoms with Crippen LogP contribution in [0.4, 0.5) is 4.39 Å². The third kappa shape index (κ3) is 2.02. The van der Waals surface area contributed by atoms with Crippen LogP contribution < -0.4 is 4.74 Å². The van der Waals surface area contributed by atoms with Gasteiger partial charge in [0.1, 0.15) is 6.29 Å². The number of aromatic hydroxyl groups is 1. The molecule has 14 heavy (non-hydrogen) atoms. The molecular formula is C10H11FO3. The highest BCUT2D eigenvalue weighted by Crippen LogP contribution is 2.32. The third-order valence-corrected chi connectivity index (χ3v) is 1.90. The standard InChI is InChI=1S/C10H11FO3/c1-14-10-8(11)5-4-7(9(10)13)3-2-6-12/h4-6,13H,2-3H2,1H3. The number of hydrogen-bond acceptors (Lipinski definition) is 3. The van der Waals surface area contributed by atoms with Gasteiger partial charge in [0.05, 0.1) is 7.11 Å². The number of phenols is 1. The van der Waals surface area contributed by atoms with E-state index in [1.165, 1.54) is 19.2 Å². The Bertz CT molecular complexity index is 336. The minimum atomic E-state index is -0.611. The van der Waals surface area contributed by atoms with E-state index in [2.05, 4.69) is 4.74 Å². The van der Waals surface area contributed by atoms with Gasteiger partial charge in [-0.2, -0.15) is 0 Å². The minimum Gasteiger partial charge on any atom is -0.504 e. The quantitative estimate of drug-likeness (QED) is 0.748. The van der Waals surface area contributed by atoms with Crippen LogP contribution in [-0.2, 0) is 11.2 Å². The molecule has 0 unspecified atom stereocenters. The van der Waals surface area contributed by atoms with E-state index in [4.69, 9.17) is 0 Å². The fourth-order valence-electron chi connectivity index (χ4n) is 1.20. The maximum absolute atomic E-state index is 13.0. The third-order valence-electron chi connectivity index (χ3n) is 1.90. The number of carbonyl (C=O) groups excluding carboxylic acids is 1. The van der Waals surface area contributed by atoms with E-state index in [-0.39, 0.29) is 11.5 Å². The monoisotopic (exact) mass is 198 g/mol. The zero-order valence-electron chi connectivity index (χ0n) is 7.79. The molecule has 0 radical (unpaired) electrons. The summed E-state index contributed by atoms with van der Waals surface area (Å²) in [4.78, 5) is 10.1. The van der Waals surface area contributed by atoms with Crippen molar-refractivity contribution in [3.05, 3.63) is 23.5 Å². The number of carbonyl (C=O) groups is 1. The Morgan fingerprint density at radius 2 is 2.29 bits per heavy atom. The summed E-state index contributed by atoms with van der Waals surface area (Å²) in [6.45, 7) is 0. The summed E-state index contributed by atoms with van der Waals surface area (Å²) in [5.74, 6) is -1.01. The highest BCUT2D eigenvalue weighted by molar-refractivity contribution is 5.52. The number of ether oxygens (including phenoxy) is 1. The number of methoxy groups -OCH3 is 1. The van der Waals surface area contributed by atoms with Crippen molar-refractivity contribution in [3.8, 4) is 11.5 Å². The van der Waals surface area contributed by atoms with Crippen molar-refractivity contribution < 1.29 is 19.0 Å². The smallest absolute Gasteiger partial charge is 0.196 e. The molecule has 0 aliphatic carbocycles. The van der Waals surface area contributed by atoms with Crippen molar-refractivity contribution in [3.63, 3.8) is 0 Å². The van der Waals surface area contributed by atoms with Crippen molar-refractivity contribution in [1.29, 1.82) is 0 Å². The van der Waals surface area contributed by atoms with Crippen LogP contribution in [0.3, 0.4) is 0 Å². The molecule has 0 saturated heterocycles. The van der Waals surface area contributed by atoms with Crippen LogP contribution >= 0.6 is 0 Å². The summed E-state index contributed by atoms with van der Waals surface area (Å²) >= 11 is 0. The predicted octanol–water partition coefficient (Wildman–Crippen LogP) is 1.67. The lowest BCUT2D eigenvalue weighted by atomic mass is 10.1. The fourth-order valence-corrected chi connectivity index (χ4v) is 1.20. The highest BCUT2D eigenvalue weighted by Gasteiger charge is 2.12. The number of aryl methyl sites for hydroxylation is 1. The van der Waals surface area contributed by atoms with Gasteiger partial charge in [0.2, 0.25) is 0 Å². The van der Waals surface area contributed by atoms with Crippen LogP contribution in [0.25, 0.3) is 0 Å². The van der Waals surface area contributed by atoms with Crippen molar-refractivity contribution in [2.75, 3.05) is 7.11 Å². The molecule has 1 aromatic rings. The molecule has 76 valence electrons. The van der Waals surface area contributed by atoms with E-state index in [0.717, 1.165) is 6.29 Å². The SMILES string of the molecule is COc1c(F)ccc(CCC=O)c1O. The molecular weight excluding hydrogens is 187 g/mol. The molecule has 0 aliphatic rings. The molecule has 1 N–H and O–H groups in total. The minimum absolute atomic E-state index is 0.173. The van der Waals surface area contributed by atoms with E-state index in [0.29, 0.717) is 18.4 Å². The molecule has 0 atom stereocenters. The van der Waals surface area contributed by atoms with Crippen LogP contribution in [0, 0.1) is 5.82 Å². The Balaban J connectivity index is 3.01. The molecule has 0 amide bonds. The Hall–Kier alpha value is -1.58. The molecule has 0 saturated carbocycles. The van der Waals surface area contributed by atoms with Crippen LogP contribution in [0.2, 0.25) is 0 Å². The summed E-state index contributed by atoms with van der Waals surface area (Å²) in [6, 6.07) is 2.65. The van der Waals surface area contributed by atoms with Crippen LogP contribution in [-0.4, -0.2) is 18.5 Å². The maximum Gasteiger partial charge on any atom is 0.196 e. The van der Waals surface area contributed by atoms with Gasteiger partial charge in [-0.1, -0.05) is 6.07 Å². The lowest BCUT2D eigenvalue weighted by Crippen LogP contribution is -1.93. The second-order valence-electron chi connectivity index (χ2n) is 2.79. The van der Waals surface area contributed by atoms with E-state index >= 15 is 0 Å². The Kier molecular flexibility index (Phi) is 3.45. The summed E-state index contributed by atoms with van der Waals surface area (Å²) < 4.78 is 17.7. The second-order valence-corrected chi connectivity index (χ2v) is 2.79. The molecule has 0 aromatic heterocycles. The Labute approximate surface area is 81.1 Å². The largest absolute Gasteiger partial charge is 0.504 e. The van der Waals surface area contributed by atoms with E-state index < -0.39 is 5.82 Å². The topological polar surface area (TPSA) is 46.5 Å². The van der Waals surface area contributed by atoms with Gasteiger partial charge in [-0.05, 0) is 18.1 Å². The average molecular weight is 198 g/mol. The zero-order valence-corrected chi connectivity index (χ0v) is 7.79. The number of phenolic OH excluding ortho intramolecular Hbond substituents is 1. The first-order valence-corrected chi connectivity index (χ1v) is 4.18.